The van der Waals surface area contributed by atoms with Crippen LogP contribution in [0.25, 0.3) is 0 Å². The molecule has 1 aromatic carbocycles. The molecule has 1 heterocycles. The van der Waals surface area contributed by atoms with Crippen LogP contribution in [0.5, 0.6) is 0 Å². The largest absolute Gasteiger partial charge is 0.310 e. The monoisotopic (exact) mass is 258 g/mol. The van der Waals surface area contributed by atoms with Gasteiger partial charge in [0.25, 0.3) is 0 Å². The summed E-state index contributed by atoms with van der Waals surface area (Å²) in [6.45, 7) is 5.96. The third-order valence-corrected chi connectivity index (χ3v) is 4.53. The maximum Gasteiger partial charge on any atom is 0.243 e. The number of nitrogens with zero attached hydrogens (tertiary/aromatic N) is 1. The first-order chi connectivity index (χ1) is 9.13. The fraction of sp³-hybridized carbons (Fsp3) is 0.562. The van der Waals surface area contributed by atoms with Crippen LogP contribution < -0.4 is 10.2 Å². The molecule has 0 radical (unpaired) electrons. The fourth-order valence-electron chi connectivity index (χ4n) is 2.80. The highest BCUT2D eigenvalue weighted by molar-refractivity contribution is 5.97. The van der Waals surface area contributed by atoms with E-state index in [1.54, 1.807) is 0 Å². The van der Waals surface area contributed by atoms with E-state index < -0.39 is 0 Å². The topological polar surface area (TPSA) is 32.3 Å². The molecule has 1 saturated carbocycles. The van der Waals surface area contributed by atoms with Crippen LogP contribution in [0.2, 0.25) is 0 Å². The third-order valence-electron chi connectivity index (χ3n) is 4.53. The molecule has 2 aliphatic rings. The van der Waals surface area contributed by atoms with Gasteiger partial charge in [0.1, 0.15) is 0 Å². The lowest BCUT2D eigenvalue weighted by Crippen LogP contribution is -2.41. The van der Waals surface area contributed by atoms with E-state index in [9.17, 15) is 4.79 Å². The van der Waals surface area contributed by atoms with Crippen molar-refractivity contribution in [1.82, 2.24) is 5.32 Å². The Morgan fingerprint density at radius 1 is 1.32 bits per heavy atom. The highest BCUT2D eigenvalue weighted by Crippen LogP contribution is 2.47. The van der Waals surface area contributed by atoms with Crippen LogP contribution in [-0.2, 0) is 11.2 Å². The lowest BCUT2D eigenvalue weighted by molar-refractivity contribution is -0.119. The van der Waals surface area contributed by atoms with Crippen molar-refractivity contribution in [3.63, 3.8) is 0 Å². The lowest BCUT2D eigenvalue weighted by atomic mass is 10.1. The third kappa shape index (κ3) is 2.39. The zero-order chi connectivity index (χ0) is 13.5. The molecule has 1 unspecified atom stereocenters. The summed E-state index contributed by atoms with van der Waals surface area (Å²) in [7, 11) is 0. The summed E-state index contributed by atoms with van der Waals surface area (Å²) in [6.07, 6.45) is 3.52. The average molecular weight is 258 g/mol. The molecule has 3 heteroatoms. The van der Waals surface area contributed by atoms with Gasteiger partial charge < -0.3 is 10.2 Å². The van der Waals surface area contributed by atoms with Crippen molar-refractivity contribution in [2.24, 2.45) is 5.41 Å². The Morgan fingerprint density at radius 2 is 2.00 bits per heavy atom. The number of amides is 1. The second kappa shape index (κ2) is 4.64. The molecule has 1 spiro atoms. The molecule has 1 aromatic rings. The van der Waals surface area contributed by atoms with E-state index in [4.69, 9.17) is 0 Å². The van der Waals surface area contributed by atoms with Gasteiger partial charge in [0.05, 0.1) is 6.04 Å². The minimum atomic E-state index is -0.0779. The SMILES string of the molecule is CCc1ccc(N2CC3(CC3)CNC(C)C2=O)cc1. The molecule has 1 aliphatic heterocycles. The van der Waals surface area contributed by atoms with Crippen LogP contribution in [0.4, 0.5) is 5.69 Å². The highest BCUT2D eigenvalue weighted by atomic mass is 16.2. The predicted octanol–water partition coefficient (Wildman–Crippen LogP) is 2.35. The van der Waals surface area contributed by atoms with Gasteiger partial charge in [-0.15, -0.1) is 0 Å². The summed E-state index contributed by atoms with van der Waals surface area (Å²) in [6, 6.07) is 8.36. The Hall–Kier alpha value is -1.35. The van der Waals surface area contributed by atoms with E-state index in [0.29, 0.717) is 5.41 Å². The minimum absolute atomic E-state index is 0.0779. The van der Waals surface area contributed by atoms with Crippen LogP contribution >= 0.6 is 0 Å². The normalized spacial score (nSPS) is 25.5. The number of hydrogen-bond acceptors (Lipinski definition) is 2. The second-order valence-electron chi connectivity index (χ2n) is 6.05. The molecule has 3 rings (SSSR count). The van der Waals surface area contributed by atoms with Crippen LogP contribution in [0.15, 0.2) is 24.3 Å². The van der Waals surface area contributed by atoms with Crippen molar-refractivity contribution < 1.29 is 4.79 Å². The molecule has 19 heavy (non-hydrogen) atoms. The van der Waals surface area contributed by atoms with E-state index >= 15 is 0 Å². The number of nitrogens with one attached hydrogen (secondary N) is 1. The molecular formula is C16H22N2O. The minimum Gasteiger partial charge on any atom is -0.310 e. The van der Waals surface area contributed by atoms with Gasteiger partial charge in [-0.1, -0.05) is 19.1 Å². The van der Waals surface area contributed by atoms with Gasteiger partial charge in [0.2, 0.25) is 5.91 Å². The maximum atomic E-state index is 12.5. The van der Waals surface area contributed by atoms with Crippen molar-refractivity contribution in [1.29, 1.82) is 0 Å². The van der Waals surface area contributed by atoms with E-state index in [1.165, 1.54) is 18.4 Å². The maximum absolute atomic E-state index is 12.5. The Labute approximate surface area is 115 Å². The Morgan fingerprint density at radius 3 is 2.58 bits per heavy atom. The first-order valence-corrected chi connectivity index (χ1v) is 7.27. The molecule has 3 nitrogen and oxygen atoms in total. The zero-order valence-corrected chi connectivity index (χ0v) is 11.8. The summed E-state index contributed by atoms with van der Waals surface area (Å²) in [5.41, 5.74) is 2.70. The van der Waals surface area contributed by atoms with Crippen molar-refractivity contribution in [2.45, 2.75) is 39.2 Å². The molecule has 1 atom stereocenters. The lowest BCUT2D eigenvalue weighted by Gasteiger charge is -2.25. The van der Waals surface area contributed by atoms with Crippen molar-refractivity contribution in [3.05, 3.63) is 29.8 Å². The first-order valence-electron chi connectivity index (χ1n) is 7.27. The molecule has 1 aliphatic carbocycles. The average Bonchev–Trinajstić information content (AvgIpc) is 3.23. The standard InChI is InChI=1S/C16H22N2O/c1-3-13-4-6-14(7-5-13)18-11-16(8-9-16)10-17-12(2)15(18)19/h4-7,12,17H,3,8-11H2,1-2H3. The molecular weight excluding hydrogens is 236 g/mol. The van der Waals surface area contributed by atoms with Crippen LogP contribution in [0, 0.1) is 5.41 Å². The Bertz CT molecular complexity index is 476. The number of carbonyl (C=O) groups is 1. The van der Waals surface area contributed by atoms with E-state index in [2.05, 4.69) is 36.5 Å². The molecule has 0 aromatic heterocycles. The van der Waals surface area contributed by atoms with Crippen molar-refractivity contribution in [2.75, 3.05) is 18.0 Å². The van der Waals surface area contributed by atoms with Gasteiger partial charge in [0, 0.05) is 24.2 Å². The number of anilines is 1. The summed E-state index contributed by atoms with van der Waals surface area (Å²) < 4.78 is 0. The molecule has 1 N–H and O–H groups in total. The van der Waals surface area contributed by atoms with Crippen molar-refractivity contribution >= 4 is 11.6 Å². The summed E-state index contributed by atoms with van der Waals surface area (Å²) in [5.74, 6) is 0.202. The highest BCUT2D eigenvalue weighted by Gasteiger charge is 2.47. The molecule has 102 valence electrons. The first kappa shape index (κ1) is 12.7. The van der Waals surface area contributed by atoms with Crippen LogP contribution in [0.3, 0.4) is 0 Å². The predicted molar refractivity (Wildman–Crippen MR) is 77.3 cm³/mol. The molecule has 0 bridgehead atoms. The van der Waals surface area contributed by atoms with E-state index in [1.807, 2.05) is 11.8 Å². The number of benzene rings is 1. The number of carbonyl (C=O) groups excluding carboxylic acids is 1. The van der Waals surface area contributed by atoms with Crippen LogP contribution in [-0.4, -0.2) is 25.0 Å². The van der Waals surface area contributed by atoms with Gasteiger partial charge in [-0.2, -0.15) is 0 Å². The molecule has 1 saturated heterocycles. The van der Waals surface area contributed by atoms with Gasteiger partial charge in [0.15, 0.2) is 0 Å². The molecule has 1 amide bonds. The van der Waals surface area contributed by atoms with Gasteiger partial charge in [-0.3, -0.25) is 4.79 Å². The summed E-state index contributed by atoms with van der Waals surface area (Å²) >= 11 is 0. The summed E-state index contributed by atoms with van der Waals surface area (Å²) in [4.78, 5) is 14.5. The quantitative estimate of drug-likeness (QED) is 0.883. The number of hydrogen-bond donors (Lipinski definition) is 1. The molecule has 2 fully saturated rings. The number of aryl methyl sites for hydroxylation is 1. The van der Waals surface area contributed by atoms with Crippen LogP contribution in [0.1, 0.15) is 32.3 Å². The second-order valence-corrected chi connectivity index (χ2v) is 6.05. The number of rotatable bonds is 2. The van der Waals surface area contributed by atoms with E-state index in [0.717, 1.165) is 25.2 Å². The van der Waals surface area contributed by atoms with E-state index in [-0.39, 0.29) is 11.9 Å². The van der Waals surface area contributed by atoms with Gasteiger partial charge >= 0.3 is 0 Å². The fourth-order valence-corrected chi connectivity index (χ4v) is 2.80. The smallest absolute Gasteiger partial charge is 0.243 e. The Kier molecular flexibility index (Phi) is 3.09. The van der Waals surface area contributed by atoms with Crippen molar-refractivity contribution in [3.8, 4) is 0 Å². The van der Waals surface area contributed by atoms with Gasteiger partial charge in [-0.25, -0.2) is 0 Å². The zero-order valence-electron chi connectivity index (χ0n) is 11.8. The summed E-state index contributed by atoms with van der Waals surface area (Å²) in [5, 5.41) is 3.38. The Balaban J connectivity index is 1.88. The van der Waals surface area contributed by atoms with Gasteiger partial charge in [-0.05, 0) is 43.9 Å².